The van der Waals surface area contributed by atoms with Crippen molar-refractivity contribution in [3.8, 4) is 0 Å². The first-order valence-corrected chi connectivity index (χ1v) is 8.06. The van der Waals surface area contributed by atoms with Crippen molar-refractivity contribution in [1.29, 1.82) is 0 Å². The van der Waals surface area contributed by atoms with Crippen molar-refractivity contribution < 1.29 is 19.2 Å². The second-order valence-corrected chi connectivity index (χ2v) is 6.46. The highest BCUT2D eigenvalue weighted by Gasteiger charge is 2.22. The van der Waals surface area contributed by atoms with E-state index in [1.54, 1.807) is 6.07 Å². The number of amides is 1. The smallest absolute Gasteiger partial charge is 0.349 e. The summed E-state index contributed by atoms with van der Waals surface area (Å²) in [5.41, 5.74) is 0.320. The number of carbonyl (C=O) groups excluding carboxylic acids is 2. The van der Waals surface area contributed by atoms with Crippen LogP contribution in [-0.4, -0.2) is 22.9 Å². The molecule has 24 heavy (non-hydrogen) atoms. The van der Waals surface area contributed by atoms with E-state index in [0.29, 0.717) is 22.0 Å². The van der Waals surface area contributed by atoms with Gasteiger partial charge in [-0.25, -0.2) is 4.79 Å². The number of nitrogens with one attached hydrogen (secondary N) is 1. The third kappa shape index (κ3) is 4.44. The predicted molar refractivity (Wildman–Crippen MR) is 90.9 cm³/mol. The van der Waals surface area contributed by atoms with Crippen molar-refractivity contribution >= 4 is 57.1 Å². The Bertz CT molecular complexity index is 808. The van der Waals surface area contributed by atoms with E-state index < -0.39 is 22.9 Å². The summed E-state index contributed by atoms with van der Waals surface area (Å²) in [5.74, 6) is -1.42. The Morgan fingerprint density at radius 2 is 2.00 bits per heavy atom. The van der Waals surface area contributed by atoms with E-state index in [1.165, 1.54) is 31.2 Å². The molecule has 2 aromatic rings. The van der Waals surface area contributed by atoms with Gasteiger partial charge in [0.25, 0.3) is 5.91 Å². The van der Waals surface area contributed by atoms with Crippen molar-refractivity contribution in [2.24, 2.45) is 0 Å². The number of rotatable bonds is 5. The van der Waals surface area contributed by atoms with E-state index in [2.05, 4.69) is 5.32 Å². The molecule has 126 valence electrons. The fourth-order valence-electron chi connectivity index (χ4n) is 1.63. The highest BCUT2D eigenvalue weighted by Crippen LogP contribution is 2.26. The van der Waals surface area contributed by atoms with Gasteiger partial charge in [0, 0.05) is 11.1 Å². The number of nitrogens with zero attached hydrogens (tertiary/aromatic N) is 1. The predicted octanol–water partition coefficient (Wildman–Crippen LogP) is 4.15. The van der Waals surface area contributed by atoms with Gasteiger partial charge in [0.1, 0.15) is 4.88 Å². The van der Waals surface area contributed by atoms with Crippen LogP contribution in [0.5, 0.6) is 0 Å². The molecular weight excluding hydrogens is 379 g/mol. The Kier molecular flexibility index (Phi) is 5.76. The molecular formula is C14H10Cl2N2O5S. The molecule has 1 N–H and O–H groups in total. The maximum Gasteiger partial charge on any atom is 0.349 e. The summed E-state index contributed by atoms with van der Waals surface area (Å²) in [4.78, 5) is 34.0. The third-order valence-electron chi connectivity index (χ3n) is 2.81. The number of anilines is 1. The van der Waals surface area contributed by atoms with E-state index in [-0.39, 0.29) is 14.9 Å². The van der Waals surface area contributed by atoms with Gasteiger partial charge in [0.2, 0.25) is 0 Å². The lowest BCUT2D eigenvalue weighted by atomic mass is 10.3. The number of ether oxygens (including phenoxy) is 1. The topological polar surface area (TPSA) is 98.5 Å². The van der Waals surface area contributed by atoms with Crippen LogP contribution in [-0.2, 0) is 9.53 Å². The molecule has 0 saturated heterocycles. The van der Waals surface area contributed by atoms with Gasteiger partial charge in [-0.05, 0) is 31.2 Å². The molecule has 0 fully saturated rings. The van der Waals surface area contributed by atoms with E-state index in [0.717, 1.165) is 0 Å². The molecule has 0 spiro atoms. The molecule has 0 aliphatic carbocycles. The molecule has 1 aromatic heterocycles. The van der Waals surface area contributed by atoms with Crippen LogP contribution in [0.3, 0.4) is 0 Å². The third-order valence-corrected chi connectivity index (χ3v) is 4.38. The summed E-state index contributed by atoms with van der Waals surface area (Å²) in [6.07, 6.45) is -1.12. The number of halogens is 2. The Balaban J connectivity index is 2.00. The Morgan fingerprint density at radius 1 is 1.29 bits per heavy atom. The summed E-state index contributed by atoms with van der Waals surface area (Å²) in [6, 6.07) is 6.98. The van der Waals surface area contributed by atoms with Gasteiger partial charge in [-0.3, -0.25) is 14.9 Å². The van der Waals surface area contributed by atoms with Crippen LogP contribution in [0.25, 0.3) is 0 Å². The molecule has 0 aliphatic heterocycles. The maximum atomic E-state index is 12.0. The molecule has 1 heterocycles. The molecule has 1 aromatic carbocycles. The summed E-state index contributed by atoms with van der Waals surface area (Å²) in [7, 11) is 0. The zero-order chi connectivity index (χ0) is 17.9. The van der Waals surface area contributed by atoms with Crippen LogP contribution in [0.15, 0.2) is 30.3 Å². The van der Waals surface area contributed by atoms with Crippen LogP contribution < -0.4 is 5.32 Å². The molecule has 1 unspecified atom stereocenters. The van der Waals surface area contributed by atoms with Crippen molar-refractivity contribution in [2.75, 3.05) is 5.32 Å². The van der Waals surface area contributed by atoms with E-state index >= 15 is 0 Å². The van der Waals surface area contributed by atoms with Gasteiger partial charge >= 0.3 is 11.0 Å². The molecule has 0 aliphatic rings. The minimum absolute atomic E-state index is 0.0332. The molecule has 0 bridgehead atoms. The number of thiophene rings is 1. The second-order valence-electron chi connectivity index (χ2n) is 4.56. The van der Waals surface area contributed by atoms with Crippen LogP contribution in [0.4, 0.5) is 10.7 Å². The van der Waals surface area contributed by atoms with Gasteiger partial charge in [0.05, 0.1) is 15.6 Å². The maximum absolute atomic E-state index is 12.0. The fourth-order valence-corrected chi connectivity index (χ4v) is 2.79. The van der Waals surface area contributed by atoms with Gasteiger partial charge in [0.15, 0.2) is 6.10 Å². The van der Waals surface area contributed by atoms with Crippen molar-refractivity contribution in [1.82, 2.24) is 0 Å². The lowest BCUT2D eigenvalue weighted by Crippen LogP contribution is -2.29. The first kappa shape index (κ1) is 18.2. The lowest BCUT2D eigenvalue weighted by molar-refractivity contribution is -0.380. The normalized spacial score (nSPS) is 11.6. The van der Waals surface area contributed by atoms with Crippen LogP contribution in [0.1, 0.15) is 16.6 Å². The quantitative estimate of drug-likeness (QED) is 0.471. The Hall–Kier alpha value is -2.16. The zero-order valence-corrected chi connectivity index (χ0v) is 14.4. The SMILES string of the molecule is CC(OC(=O)c1ccc([N+](=O)[O-])s1)C(=O)Nc1ccc(Cl)cc1Cl. The summed E-state index contributed by atoms with van der Waals surface area (Å²) < 4.78 is 4.99. The van der Waals surface area contributed by atoms with Gasteiger partial charge in [-0.2, -0.15) is 0 Å². The van der Waals surface area contributed by atoms with Crippen LogP contribution in [0.2, 0.25) is 10.0 Å². The van der Waals surface area contributed by atoms with Gasteiger partial charge < -0.3 is 10.1 Å². The standard InChI is InChI=1S/C14H10Cl2N2O5S/c1-7(13(19)17-10-3-2-8(15)6-9(10)16)23-14(20)11-4-5-12(24-11)18(21)22/h2-7H,1H3,(H,17,19). The molecule has 0 saturated carbocycles. The first-order chi connectivity index (χ1) is 11.3. The molecule has 1 atom stereocenters. The molecule has 10 heteroatoms. The van der Waals surface area contributed by atoms with Crippen LogP contribution in [0, 0.1) is 10.1 Å². The number of nitro groups is 1. The molecule has 1 amide bonds. The van der Waals surface area contributed by atoms with Crippen LogP contribution >= 0.6 is 34.5 Å². The first-order valence-electron chi connectivity index (χ1n) is 6.49. The summed E-state index contributed by atoms with van der Waals surface area (Å²) in [6.45, 7) is 1.37. The fraction of sp³-hybridized carbons (Fsp3) is 0.143. The Morgan fingerprint density at radius 3 is 2.58 bits per heavy atom. The number of benzene rings is 1. The molecule has 0 radical (unpaired) electrons. The van der Waals surface area contributed by atoms with E-state index in [9.17, 15) is 19.7 Å². The second kappa shape index (κ2) is 7.61. The van der Waals surface area contributed by atoms with Crippen molar-refractivity contribution in [3.05, 3.63) is 55.4 Å². The van der Waals surface area contributed by atoms with Crippen molar-refractivity contribution in [2.45, 2.75) is 13.0 Å². The van der Waals surface area contributed by atoms with E-state index in [1.807, 2.05) is 0 Å². The highest BCUT2D eigenvalue weighted by atomic mass is 35.5. The number of carbonyl (C=O) groups is 2. The highest BCUT2D eigenvalue weighted by molar-refractivity contribution is 7.17. The minimum Gasteiger partial charge on any atom is -0.448 e. The molecule has 2 rings (SSSR count). The average Bonchev–Trinajstić information content (AvgIpc) is 3.00. The average molecular weight is 389 g/mol. The van der Waals surface area contributed by atoms with Crippen molar-refractivity contribution in [3.63, 3.8) is 0 Å². The monoisotopic (exact) mass is 388 g/mol. The molecule has 7 nitrogen and oxygen atoms in total. The number of esters is 1. The largest absolute Gasteiger partial charge is 0.448 e. The van der Waals surface area contributed by atoms with E-state index in [4.69, 9.17) is 27.9 Å². The van der Waals surface area contributed by atoms with Gasteiger partial charge in [-0.15, -0.1) is 0 Å². The minimum atomic E-state index is -1.12. The van der Waals surface area contributed by atoms with Gasteiger partial charge in [-0.1, -0.05) is 34.5 Å². The number of hydrogen-bond donors (Lipinski definition) is 1. The lowest BCUT2D eigenvalue weighted by Gasteiger charge is -2.13. The summed E-state index contributed by atoms with van der Waals surface area (Å²) >= 11 is 12.4. The zero-order valence-electron chi connectivity index (χ0n) is 12.1. The number of hydrogen-bond acceptors (Lipinski definition) is 6. The summed E-state index contributed by atoms with van der Waals surface area (Å²) in [5, 5.41) is 13.6. The Labute approximate surface area is 150 Å².